The van der Waals surface area contributed by atoms with Crippen LogP contribution in [0.15, 0.2) is 41.5 Å². The van der Waals surface area contributed by atoms with E-state index in [1.165, 1.54) is 6.07 Å². The first-order chi connectivity index (χ1) is 18.5. The van der Waals surface area contributed by atoms with Crippen molar-refractivity contribution in [2.24, 2.45) is 11.0 Å². The van der Waals surface area contributed by atoms with Crippen LogP contribution in [0.1, 0.15) is 47.3 Å². The number of nitrogen functional groups attached to an aromatic ring is 1. The molecule has 1 aliphatic rings. The van der Waals surface area contributed by atoms with Crippen molar-refractivity contribution in [1.82, 2.24) is 20.5 Å². The Morgan fingerprint density at radius 3 is 2.67 bits per heavy atom. The smallest absolute Gasteiger partial charge is 0.337 e. The Bertz CT molecular complexity index is 1250. The van der Waals surface area contributed by atoms with E-state index in [2.05, 4.69) is 15.7 Å². The first-order valence-corrected chi connectivity index (χ1v) is 13.0. The molecule has 11 nitrogen and oxygen atoms in total. The van der Waals surface area contributed by atoms with Crippen LogP contribution in [0.2, 0.25) is 5.02 Å². The molecule has 0 radical (unpaired) electrons. The van der Waals surface area contributed by atoms with Gasteiger partial charge in [-0.15, -0.1) is 0 Å². The average molecular weight is 559 g/mol. The van der Waals surface area contributed by atoms with Crippen molar-refractivity contribution in [3.63, 3.8) is 0 Å². The molecule has 3 rings (SSSR count). The van der Waals surface area contributed by atoms with Crippen LogP contribution >= 0.6 is 11.6 Å². The number of carboxylic acid groups (broad SMARTS) is 1. The molecular formula is C27H35ClN6O5. The Balaban J connectivity index is 1.91. The fourth-order valence-electron chi connectivity index (χ4n) is 4.47. The second kappa shape index (κ2) is 13.2. The number of hydrogen-bond donors (Lipinski definition) is 4. The van der Waals surface area contributed by atoms with Crippen molar-refractivity contribution in [2.75, 3.05) is 40.0 Å². The van der Waals surface area contributed by atoms with Crippen molar-refractivity contribution in [3.05, 3.63) is 58.1 Å². The highest BCUT2D eigenvalue weighted by atomic mass is 35.5. The summed E-state index contributed by atoms with van der Waals surface area (Å²) in [5.41, 5.74) is 7.43. The highest BCUT2D eigenvalue weighted by Crippen LogP contribution is 2.27. The number of amidine groups is 1. The minimum Gasteiger partial charge on any atom is -0.496 e. The molecule has 1 aliphatic heterocycles. The molecule has 0 saturated carbocycles. The lowest BCUT2D eigenvalue weighted by Gasteiger charge is -2.26. The van der Waals surface area contributed by atoms with Gasteiger partial charge in [0.05, 0.1) is 31.2 Å². The lowest BCUT2D eigenvalue weighted by atomic mass is 9.97. The molecule has 5 N–H and O–H groups in total. The zero-order valence-electron chi connectivity index (χ0n) is 22.5. The number of hydrazone groups is 1. The molecule has 0 spiro atoms. The third-order valence-corrected chi connectivity index (χ3v) is 6.57. The van der Waals surface area contributed by atoms with E-state index in [-0.39, 0.29) is 30.2 Å². The molecular weight excluding hydrogens is 524 g/mol. The Kier molecular flexibility index (Phi) is 10.00. The number of urea groups is 1. The predicted molar refractivity (Wildman–Crippen MR) is 150 cm³/mol. The number of imide groups is 1. The minimum atomic E-state index is -1.13. The number of aromatic carboxylic acids is 1. The van der Waals surface area contributed by atoms with Crippen LogP contribution in [0.5, 0.6) is 5.75 Å². The van der Waals surface area contributed by atoms with E-state index in [1.807, 2.05) is 6.92 Å². The predicted octanol–water partition coefficient (Wildman–Crippen LogP) is 3.35. The van der Waals surface area contributed by atoms with Gasteiger partial charge in [0.25, 0.3) is 0 Å². The van der Waals surface area contributed by atoms with Crippen LogP contribution in [0.3, 0.4) is 0 Å². The zero-order chi connectivity index (χ0) is 28.7. The number of carboxylic acids is 1. The highest BCUT2D eigenvalue weighted by molar-refractivity contribution is 6.30. The third-order valence-electron chi connectivity index (χ3n) is 6.33. The van der Waals surface area contributed by atoms with Gasteiger partial charge >= 0.3 is 12.0 Å². The van der Waals surface area contributed by atoms with E-state index in [0.717, 1.165) is 16.9 Å². The highest BCUT2D eigenvalue weighted by Gasteiger charge is 2.35. The normalized spacial score (nSPS) is 17.3. The number of carbonyl (C=O) groups excluding carboxylic acids is 2. The summed E-state index contributed by atoms with van der Waals surface area (Å²) in [4.78, 5) is 39.9. The molecule has 1 heterocycles. The summed E-state index contributed by atoms with van der Waals surface area (Å²) in [5, 5.41) is 22.0. The summed E-state index contributed by atoms with van der Waals surface area (Å²) in [6, 6.07) is 8.71. The van der Waals surface area contributed by atoms with E-state index < -0.39 is 24.0 Å². The molecule has 2 aromatic carbocycles. The standard InChI is InChI=1S/C27H35ClN6O5/c1-5-6-22(16-7-9-20(26(36)37)21(29)13-16)31-27(38)34-15-24(32-33(2)3)30-14-18(25(34)35)11-17-12-19(28)8-10-23(17)39-4/h7-10,12-13,18,22H,5-6,11,14-15,29H2,1-4H3,(H,30,32)(H,31,38)(H,36,37)/t18-,22+/m0/s1. The molecule has 12 heteroatoms. The quantitative estimate of drug-likeness (QED) is 0.270. The molecule has 39 heavy (non-hydrogen) atoms. The summed E-state index contributed by atoms with van der Waals surface area (Å²) in [6.07, 6.45) is 1.57. The van der Waals surface area contributed by atoms with Gasteiger partial charge < -0.3 is 31.2 Å². The summed E-state index contributed by atoms with van der Waals surface area (Å²) in [5.74, 6) is -1.05. The topological polar surface area (TPSA) is 150 Å². The molecule has 1 fully saturated rings. The fourth-order valence-corrected chi connectivity index (χ4v) is 4.67. The zero-order valence-corrected chi connectivity index (χ0v) is 23.3. The van der Waals surface area contributed by atoms with Gasteiger partial charge in [0, 0.05) is 31.4 Å². The largest absolute Gasteiger partial charge is 0.496 e. The summed E-state index contributed by atoms with van der Waals surface area (Å²) in [7, 11) is 5.05. The van der Waals surface area contributed by atoms with Gasteiger partial charge in [0.15, 0.2) is 0 Å². The molecule has 0 unspecified atom stereocenters. The number of benzene rings is 2. The maximum Gasteiger partial charge on any atom is 0.337 e. The van der Waals surface area contributed by atoms with Gasteiger partial charge in [0.1, 0.15) is 11.6 Å². The number of ether oxygens (including phenoxy) is 1. The Morgan fingerprint density at radius 2 is 2.05 bits per heavy atom. The second-order valence-corrected chi connectivity index (χ2v) is 9.94. The van der Waals surface area contributed by atoms with Gasteiger partial charge in [-0.25, -0.2) is 9.59 Å². The van der Waals surface area contributed by atoms with Crippen LogP contribution in [0.25, 0.3) is 0 Å². The van der Waals surface area contributed by atoms with Crippen molar-refractivity contribution in [1.29, 1.82) is 0 Å². The Labute approximate surface area is 232 Å². The Hall–Kier alpha value is -3.99. The first-order valence-electron chi connectivity index (χ1n) is 12.6. The number of amides is 3. The van der Waals surface area contributed by atoms with Crippen molar-refractivity contribution in [3.8, 4) is 5.75 Å². The fraction of sp³-hybridized carbons (Fsp3) is 0.407. The van der Waals surface area contributed by atoms with E-state index >= 15 is 0 Å². The van der Waals surface area contributed by atoms with Gasteiger partial charge in [0.2, 0.25) is 5.91 Å². The monoisotopic (exact) mass is 558 g/mol. The average Bonchev–Trinajstić information content (AvgIpc) is 3.02. The van der Waals surface area contributed by atoms with Crippen LogP contribution in [0, 0.1) is 5.92 Å². The molecule has 1 saturated heterocycles. The number of hydrogen-bond acceptors (Lipinski definition) is 7. The summed E-state index contributed by atoms with van der Waals surface area (Å²) >= 11 is 6.21. The van der Waals surface area contributed by atoms with Crippen molar-refractivity contribution >= 4 is 41.0 Å². The van der Waals surface area contributed by atoms with Crippen LogP contribution < -0.4 is 21.1 Å². The maximum absolute atomic E-state index is 13.8. The van der Waals surface area contributed by atoms with E-state index in [0.29, 0.717) is 35.0 Å². The molecule has 2 aromatic rings. The number of methoxy groups -OCH3 is 1. The number of halogens is 1. The Morgan fingerprint density at radius 1 is 1.31 bits per heavy atom. The molecule has 210 valence electrons. The van der Waals surface area contributed by atoms with E-state index in [1.54, 1.807) is 56.5 Å². The van der Waals surface area contributed by atoms with Crippen molar-refractivity contribution < 1.29 is 24.2 Å². The number of anilines is 1. The minimum absolute atomic E-state index is 0.0158. The number of rotatable bonds is 9. The van der Waals surface area contributed by atoms with Gasteiger partial charge in [-0.1, -0.05) is 31.0 Å². The summed E-state index contributed by atoms with van der Waals surface area (Å²) in [6.45, 7) is 2.17. The molecule has 0 bridgehead atoms. The van der Waals surface area contributed by atoms with E-state index in [9.17, 15) is 19.5 Å². The maximum atomic E-state index is 13.8. The van der Waals surface area contributed by atoms with Gasteiger partial charge in [-0.05, 0) is 54.3 Å². The third kappa shape index (κ3) is 7.53. The van der Waals surface area contributed by atoms with Gasteiger partial charge in [-0.2, -0.15) is 5.10 Å². The van der Waals surface area contributed by atoms with E-state index in [4.69, 9.17) is 22.1 Å². The van der Waals surface area contributed by atoms with Crippen LogP contribution in [0.4, 0.5) is 10.5 Å². The molecule has 0 aromatic heterocycles. The molecule has 0 aliphatic carbocycles. The number of nitrogens with zero attached hydrogens (tertiary/aromatic N) is 3. The lowest BCUT2D eigenvalue weighted by molar-refractivity contribution is -0.131. The summed E-state index contributed by atoms with van der Waals surface area (Å²) < 4.78 is 5.46. The molecule has 2 atom stereocenters. The SMILES string of the molecule is CCC[C@@H](NC(=O)N1C/C(=N\N(C)C)NC[C@H](Cc2cc(Cl)ccc2OC)C1=O)c1ccc(C(=O)O)c(N)c1. The number of nitrogens with two attached hydrogens (primary N) is 1. The number of nitrogens with one attached hydrogen (secondary N) is 2. The molecule has 3 amide bonds. The van der Waals surface area contributed by atoms with Crippen LogP contribution in [-0.4, -0.2) is 73.1 Å². The van der Waals surface area contributed by atoms with Crippen molar-refractivity contribution in [2.45, 2.75) is 32.2 Å². The first kappa shape index (κ1) is 29.6. The lowest BCUT2D eigenvalue weighted by Crippen LogP contribution is -2.48. The van der Waals surface area contributed by atoms with Crippen LogP contribution in [-0.2, 0) is 11.2 Å². The second-order valence-electron chi connectivity index (χ2n) is 9.50. The number of carbonyl (C=O) groups is 3. The van der Waals surface area contributed by atoms with Gasteiger partial charge in [-0.3, -0.25) is 9.69 Å².